The lowest BCUT2D eigenvalue weighted by Crippen LogP contribution is -2.27. The van der Waals surface area contributed by atoms with Gasteiger partial charge in [0.2, 0.25) is 10.0 Å². The number of Topliss-reactive ketones (excluding diaryl/α,β-unsaturated/α-hetero) is 1. The van der Waals surface area contributed by atoms with Crippen LogP contribution in [0.1, 0.15) is 47.0 Å². The molecule has 0 radical (unpaired) electrons. The van der Waals surface area contributed by atoms with Gasteiger partial charge in [-0.25, -0.2) is 17.9 Å². The lowest BCUT2D eigenvalue weighted by molar-refractivity contribution is 0.0466. The minimum absolute atomic E-state index is 0.0668. The molecule has 160 valence electrons. The number of hydrogen-bond donors (Lipinski definition) is 0. The van der Waals surface area contributed by atoms with E-state index >= 15 is 0 Å². The molecule has 0 aliphatic carbocycles. The first-order chi connectivity index (χ1) is 14.3. The second-order valence-corrected chi connectivity index (χ2v) is 8.85. The van der Waals surface area contributed by atoms with E-state index in [2.05, 4.69) is 5.10 Å². The molecule has 0 N–H and O–H groups in total. The second kappa shape index (κ2) is 9.31. The standard InChI is InChI=1S/C20H23N3O6S/c1-2-11-23-19(25)10-9-17(21-23)20(26)29-14-18(24)15-5-7-16(8-6-15)30(27,28)22-12-3-4-13-22/h5-10H,2-4,11-14H2,1H3. The number of carbonyl (C=O) groups is 2. The van der Waals surface area contributed by atoms with E-state index in [0.717, 1.165) is 17.5 Å². The van der Waals surface area contributed by atoms with Crippen LogP contribution in [0.2, 0.25) is 0 Å². The summed E-state index contributed by atoms with van der Waals surface area (Å²) in [6.45, 7) is 2.72. The molecule has 0 saturated carbocycles. The molecule has 0 bridgehead atoms. The number of carbonyl (C=O) groups excluding carboxylic acids is 2. The maximum atomic E-state index is 12.5. The fourth-order valence-corrected chi connectivity index (χ4v) is 4.63. The molecule has 0 unspecified atom stereocenters. The first-order valence-electron chi connectivity index (χ1n) is 9.71. The van der Waals surface area contributed by atoms with Crippen molar-refractivity contribution < 1.29 is 22.7 Å². The van der Waals surface area contributed by atoms with E-state index in [1.807, 2.05) is 6.92 Å². The van der Waals surface area contributed by atoms with Crippen molar-refractivity contribution in [2.75, 3.05) is 19.7 Å². The zero-order valence-corrected chi connectivity index (χ0v) is 17.4. The van der Waals surface area contributed by atoms with Crippen molar-refractivity contribution in [2.45, 2.75) is 37.6 Å². The summed E-state index contributed by atoms with van der Waals surface area (Å²) in [5.41, 5.74) is -0.163. The van der Waals surface area contributed by atoms with Crippen LogP contribution in [0.25, 0.3) is 0 Å². The Balaban J connectivity index is 1.63. The molecule has 10 heteroatoms. The quantitative estimate of drug-likeness (QED) is 0.457. The molecule has 0 amide bonds. The van der Waals surface area contributed by atoms with Crippen LogP contribution in [-0.2, 0) is 21.3 Å². The van der Waals surface area contributed by atoms with Crippen molar-refractivity contribution >= 4 is 21.8 Å². The molecule has 0 spiro atoms. The van der Waals surface area contributed by atoms with Crippen LogP contribution in [0.5, 0.6) is 0 Å². The molecular weight excluding hydrogens is 410 g/mol. The Morgan fingerprint density at radius 2 is 1.73 bits per heavy atom. The van der Waals surface area contributed by atoms with Crippen molar-refractivity contribution in [3.8, 4) is 0 Å². The van der Waals surface area contributed by atoms with Gasteiger partial charge >= 0.3 is 5.97 Å². The predicted molar refractivity (Wildman–Crippen MR) is 108 cm³/mol. The van der Waals surface area contributed by atoms with Gasteiger partial charge in [-0.1, -0.05) is 6.92 Å². The molecule has 1 aliphatic rings. The first-order valence-corrected chi connectivity index (χ1v) is 11.2. The van der Waals surface area contributed by atoms with Gasteiger partial charge in [0.15, 0.2) is 18.1 Å². The van der Waals surface area contributed by atoms with E-state index in [1.165, 1.54) is 40.7 Å². The summed E-state index contributed by atoms with van der Waals surface area (Å²) in [5, 5.41) is 3.94. The molecule has 2 aromatic rings. The summed E-state index contributed by atoms with van der Waals surface area (Å²) < 4.78 is 32.6. The molecule has 1 fully saturated rings. The average Bonchev–Trinajstić information content (AvgIpc) is 3.29. The van der Waals surface area contributed by atoms with Gasteiger partial charge in [0, 0.05) is 31.3 Å². The number of ether oxygens (including phenoxy) is 1. The minimum atomic E-state index is -3.55. The second-order valence-electron chi connectivity index (χ2n) is 6.91. The average molecular weight is 433 g/mol. The zero-order valence-electron chi connectivity index (χ0n) is 16.6. The fraction of sp³-hybridized carbons (Fsp3) is 0.400. The molecule has 2 heterocycles. The van der Waals surface area contributed by atoms with E-state index in [0.29, 0.717) is 26.1 Å². The van der Waals surface area contributed by atoms with Gasteiger partial charge in [-0.05, 0) is 49.6 Å². The third-order valence-electron chi connectivity index (χ3n) is 4.72. The smallest absolute Gasteiger partial charge is 0.359 e. The molecule has 0 atom stereocenters. The van der Waals surface area contributed by atoms with E-state index in [9.17, 15) is 22.8 Å². The van der Waals surface area contributed by atoms with Gasteiger partial charge in [-0.3, -0.25) is 9.59 Å². The summed E-state index contributed by atoms with van der Waals surface area (Å²) >= 11 is 0. The topological polar surface area (TPSA) is 116 Å². The number of esters is 1. The Kier molecular flexibility index (Phi) is 6.78. The van der Waals surface area contributed by atoms with Gasteiger partial charge in [0.1, 0.15) is 0 Å². The molecule has 1 aliphatic heterocycles. The van der Waals surface area contributed by atoms with Crippen LogP contribution in [0.3, 0.4) is 0 Å². The highest BCUT2D eigenvalue weighted by molar-refractivity contribution is 7.89. The highest BCUT2D eigenvalue weighted by Gasteiger charge is 2.27. The molecule has 1 saturated heterocycles. The van der Waals surface area contributed by atoms with Crippen LogP contribution in [0.15, 0.2) is 46.1 Å². The third-order valence-corrected chi connectivity index (χ3v) is 6.64. The number of benzene rings is 1. The summed E-state index contributed by atoms with van der Waals surface area (Å²) in [6.07, 6.45) is 2.35. The van der Waals surface area contributed by atoms with E-state index in [4.69, 9.17) is 4.74 Å². The molecule has 3 rings (SSSR count). The Hall–Kier alpha value is -2.85. The number of aryl methyl sites for hydroxylation is 1. The van der Waals surface area contributed by atoms with Gasteiger partial charge in [-0.15, -0.1) is 0 Å². The lowest BCUT2D eigenvalue weighted by atomic mass is 10.1. The maximum Gasteiger partial charge on any atom is 0.359 e. The van der Waals surface area contributed by atoms with Crippen molar-refractivity contribution in [3.63, 3.8) is 0 Å². The molecule has 1 aromatic carbocycles. The van der Waals surface area contributed by atoms with Gasteiger partial charge in [-0.2, -0.15) is 9.40 Å². The molecule has 30 heavy (non-hydrogen) atoms. The van der Waals surface area contributed by atoms with Crippen LogP contribution in [0, 0.1) is 0 Å². The number of nitrogens with zero attached hydrogens (tertiary/aromatic N) is 3. The van der Waals surface area contributed by atoms with E-state index in [1.54, 1.807) is 0 Å². The first kappa shape index (κ1) is 21.8. The Labute approximate surface area is 174 Å². The van der Waals surface area contributed by atoms with Crippen LogP contribution in [0.4, 0.5) is 0 Å². The summed E-state index contributed by atoms with van der Waals surface area (Å²) in [6, 6.07) is 8.04. The largest absolute Gasteiger partial charge is 0.453 e. The normalized spacial score (nSPS) is 14.6. The van der Waals surface area contributed by atoms with Crippen molar-refractivity contribution in [1.29, 1.82) is 0 Å². The Morgan fingerprint density at radius 3 is 2.37 bits per heavy atom. The Bertz CT molecular complexity index is 1090. The van der Waals surface area contributed by atoms with Crippen molar-refractivity contribution in [3.05, 3.63) is 58.0 Å². The van der Waals surface area contributed by atoms with Crippen LogP contribution < -0.4 is 5.56 Å². The SMILES string of the molecule is CCCn1nc(C(=O)OCC(=O)c2ccc(S(=O)(=O)N3CCCC3)cc2)ccc1=O. The summed E-state index contributed by atoms with van der Waals surface area (Å²) in [5.74, 6) is -1.29. The van der Waals surface area contributed by atoms with Crippen LogP contribution >= 0.6 is 0 Å². The summed E-state index contributed by atoms with van der Waals surface area (Å²) in [4.78, 5) is 36.2. The van der Waals surface area contributed by atoms with Gasteiger partial charge in [0.05, 0.1) is 4.90 Å². The number of sulfonamides is 1. The highest BCUT2D eigenvalue weighted by atomic mass is 32.2. The maximum absolute atomic E-state index is 12.5. The highest BCUT2D eigenvalue weighted by Crippen LogP contribution is 2.21. The van der Waals surface area contributed by atoms with Crippen molar-refractivity contribution in [1.82, 2.24) is 14.1 Å². The fourth-order valence-electron chi connectivity index (χ4n) is 3.11. The van der Waals surface area contributed by atoms with E-state index < -0.39 is 28.4 Å². The molecule has 1 aromatic heterocycles. The predicted octanol–water partition coefficient (Wildman–Crippen LogP) is 1.48. The monoisotopic (exact) mass is 433 g/mol. The Morgan fingerprint density at radius 1 is 1.07 bits per heavy atom. The number of rotatable bonds is 8. The zero-order chi connectivity index (χ0) is 21.7. The number of aromatic nitrogens is 2. The molecular formula is C20H23N3O6S. The van der Waals surface area contributed by atoms with Gasteiger partial charge < -0.3 is 4.74 Å². The third kappa shape index (κ3) is 4.82. The lowest BCUT2D eigenvalue weighted by Gasteiger charge is -2.15. The summed E-state index contributed by atoms with van der Waals surface area (Å²) in [7, 11) is -3.55. The van der Waals surface area contributed by atoms with Crippen molar-refractivity contribution in [2.24, 2.45) is 0 Å². The number of ketones is 1. The van der Waals surface area contributed by atoms with Gasteiger partial charge in [0.25, 0.3) is 5.56 Å². The van der Waals surface area contributed by atoms with Crippen LogP contribution in [-0.4, -0.2) is 54.0 Å². The minimum Gasteiger partial charge on any atom is -0.453 e. The number of hydrogen-bond acceptors (Lipinski definition) is 7. The van der Waals surface area contributed by atoms with E-state index in [-0.39, 0.29) is 21.7 Å². The molecule has 9 nitrogen and oxygen atoms in total.